The Morgan fingerprint density at radius 3 is 1.06 bits per heavy atom. The lowest BCUT2D eigenvalue weighted by atomic mass is 10.0. The smallest absolute Gasteiger partial charge is 0.451 e. The highest BCUT2D eigenvalue weighted by Crippen LogP contribution is 2.53. The van der Waals surface area contributed by atoms with E-state index in [9.17, 15) is 28.9 Å². The van der Waals surface area contributed by atoms with Crippen molar-refractivity contribution in [3.63, 3.8) is 0 Å². The van der Waals surface area contributed by atoms with E-state index in [1.165, 1.54) is 128 Å². The van der Waals surface area contributed by atoms with E-state index in [0.29, 0.717) is 0 Å². The zero-order chi connectivity index (χ0) is 37.2. The quantitative estimate of drug-likeness (QED) is 0.0207. The zero-order valence-corrected chi connectivity index (χ0v) is 32.5. The Morgan fingerprint density at radius 1 is 0.510 bits per heavy atom. The molecule has 2 unspecified atom stereocenters. The summed E-state index contributed by atoms with van der Waals surface area (Å²) in [5.41, 5.74) is 0. The van der Waals surface area contributed by atoms with Crippen LogP contribution < -0.4 is 0 Å². The molecule has 6 N–H and O–H groups in total. The third kappa shape index (κ3) is 40.0. The van der Waals surface area contributed by atoms with Gasteiger partial charge in [0, 0.05) is 12.8 Å². The lowest BCUT2D eigenvalue weighted by molar-refractivity contribution is -0.163. The van der Waals surface area contributed by atoms with Crippen molar-refractivity contribution in [3.8, 4) is 0 Å². The van der Waals surface area contributed by atoms with Gasteiger partial charge in [0.1, 0.15) is 6.10 Å². The minimum absolute atomic E-state index is 0.262. The Hall–Kier alpha value is -0.680. The Morgan fingerprint density at radius 2 is 0.796 bits per heavy atom. The zero-order valence-electron chi connectivity index (χ0n) is 30.7. The largest absolute Gasteiger partial charge is 0.478 e. The number of aliphatic hydroxyl groups excluding tert-OH is 2. The fraction of sp³-hybridized carbons (Fsp3) is 0.943. The van der Waals surface area contributed by atoms with Gasteiger partial charge in [-0.2, -0.15) is 4.31 Å². The molecule has 49 heavy (non-hydrogen) atoms. The van der Waals surface area contributed by atoms with E-state index in [2.05, 4.69) is 18.2 Å². The molecule has 2 atom stereocenters. The molecule has 0 heterocycles. The summed E-state index contributed by atoms with van der Waals surface area (Å²) in [6, 6.07) is 0. The van der Waals surface area contributed by atoms with Gasteiger partial charge in [-0.1, -0.05) is 168 Å². The third-order valence-corrected chi connectivity index (χ3v) is 10.0. The van der Waals surface area contributed by atoms with Crippen molar-refractivity contribution in [2.75, 3.05) is 6.61 Å². The average Bonchev–Trinajstić information content (AvgIpc) is 3.02. The molecule has 14 heteroatoms. The topological polar surface area (TPSA) is 208 Å². The van der Waals surface area contributed by atoms with Crippen LogP contribution in [0, 0.1) is 0 Å². The van der Waals surface area contributed by atoms with Crippen molar-refractivity contribution in [2.24, 2.45) is 0 Å². The molecule has 0 fully saturated rings. The lowest BCUT2D eigenvalue weighted by Gasteiger charge is -2.20. The SMILES string of the molecule is CCCCCCCCCCCCCCCC(=O)OC(C(=O)CCCCCCCCCCCCCCC)C(O)CO.O=P(O)(O)OP(=O)(O)O. The van der Waals surface area contributed by atoms with Crippen LogP contribution in [-0.2, 0) is 27.8 Å². The molecule has 0 aromatic carbocycles. The number of phosphoric acid groups is 2. The van der Waals surface area contributed by atoms with Crippen LogP contribution in [0.4, 0.5) is 0 Å². The first kappa shape index (κ1) is 50.4. The molecule has 0 radical (unpaired) electrons. The van der Waals surface area contributed by atoms with Gasteiger partial charge in [0.25, 0.3) is 0 Å². The van der Waals surface area contributed by atoms with Crippen LogP contribution in [0.25, 0.3) is 0 Å². The second-order valence-electron chi connectivity index (χ2n) is 13.2. The molecule has 0 spiro atoms. The van der Waals surface area contributed by atoms with Crippen molar-refractivity contribution in [2.45, 2.75) is 206 Å². The Kier molecular flexibility index (Phi) is 35.4. The Labute approximate surface area is 297 Å². The maximum absolute atomic E-state index is 12.6. The first-order valence-electron chi connectivity index (χ1n) is 19.1. The number of Topliss-reactive ketones (excluding diaryl/α,β-unsaturated/α-hetero) is 1. The first-order chi connectivity index (χ1) is 23.3. The molecule has 294 valence electrons. The van der Waals surface area contributed by atoms with Crippen LogP contribution in [0.5, 0.6) is 0 Å². The number of unbranched alkanes of at least 4 members (excludes halogenated alkanes) is 24. The number of aliphatic hydroxyl groups is 2. The van der Waals surface area contributed by atoms with Crippen molar-refractivity contribution in [1.29, 1.82) is 0 Å². The van der Waals surface area contributed by atoms with Gasteiger partial charge in [-0.05, 0) is 12.8 Å². The molecular weight excluding hydrogens is 674 g/mol. The van der Waals surface area contributed by atoms with Crippen molar-refractivity contribution >= 4 is 27.4 Å². The minimum Gasteiger partial charge on any atom is -0.451 e. The van der Waals surface area contributed by atoms with Gasteiger partial charge in [0.15, 0.2) is 11.9 Å². The van der Waals surface area contributed by atoms with Crippen molar-refractivity contribution in [1.82, 2.24) is 0 Å². The Balaban J connectivity index is 0. The van der Waals surface area contributed by atoms with Gasteiger partial charge >= 0.3 is 21.6 Å². The van der Waals surface area contributed by atoms with E-state index in [4.69, 9.17) is 24.3 Å². The van der Waals surface area contributed by atoms with Crippen LogP contribution in [0.3, 0.4) is 0 Å². The first-order valence-corrected chi connectivity index (χ1v) is 22.2. The van der Waals surface area contributed by atoms with Crippen LogP contribution in [0.1, 0.15) is 194 Å². The highest BCUT2D eigenvalue weighted by molar-refractivity contribution is 7.60. The molecule has 0 aromatic rings. The highest BCUT2D eigenvalue weighted by Gasteiger charge is 2.30. The number of carbonyl (C=O) groups excluding carboxylic acids is 2. The summed E-state index contributed by atoms with van der Waals surface area (Å²) in [6.07, 6.45) is 30.1. The summed E-state index contributed by atoms with van der Waals surface area (Å²) in [5, 5.41) is 19.4. The summed E-state index contributed by atoms with van der Waals surface area (Å²) < 4.78 is 27.5. The number of ketones is 1. The summed E-state index contributed by atoms with van der Waals surface area (Å²) in [5.74, 6) is -0.720. The number of carbonyl (C=O) groups is 2. The summed E-state index contributed by atoms with van der Waals surface area (Å²) >= 11 is 0. The maximum Gasteiger partial charge on any atom is 0.478 e. The summed E-state index contributed by atoms with van der Waals surface area (Å²) in [6.45, 7) is 3.93. The van der Waals surface area contributed by atoms with E-state index in [-0.39, 0.29) is 18.6 Å². The summed E-state index contributed by atoms with van der Waals surface area (Å²) in [4.78, 5) is 55.9. The predicted octanol–water partition coefficient (Wildman–Crippen LogP) is 8.97. The summed E-state index contributed by atoms with van der Waals surface area (Å²) in [7, 11) is -10.1. The standard InChI is InChI=1S/C35H68O5.H4O7P2/c1-3-5-7-9-11-13-15-17-19-21-23-25-27-29-32(37)35(33(38)31-36)40-34(39)30-28-26-24-22-20-18-16-14-12-10-8-6-4-2;1-8(2,3)7-9(4,5)6/h33,35-36,38H,3-31H2,1-2H3;(H2,1,2,3)(H2,4,5,6). The van der Waals surface area contributed by atoms with Crippen molar-refractivity contribution < 1.29 is 57.6 Å². The molecular formula is C35H72O12P2. The van der Waals surface area contributed by atoms with Gasteiger partial charge < -0.3 is 34.5 Å². The second-order valence-corrected chi connectivity index (χ2v) is 15.8. The number of esters is 1. The third-order valence-electron chi connectivity index (χ3n) is 8.34. The van der Waals surface area contributed by atoms with E-state index in [1.54, 1.807) is 0 Å². The van der Waals surface area contributed by atoms with Gasteiger partial charge in [-0.25, -0.2) is 9.13 Å². The highest BCUT2D eigenvalue weighted by atomic mass is 31.3. The number of hydrogen-bond acceptors (Lipinski definition) is 8. The second kappa shape index (κ2) is 34.4. The molecule has 0 amide bonds. The van der Waals surface area contributed by atoms with Crippen LogP contribution in [0.15, 0.2) is 0 Å². The molecule has 0 bridgehead atoms. The maximum atomic E-state index is 12.6. The average molecular weight is 747 g/mol. The van der Waals surface area contributed by atoms with E-state index in [1.807, 2.05) is 0 Å². The molecule has 0 saturated carbocycles. The predicted molar refractivity (Wildman–Crippen MR) is 194 cm³/mol. The number of ether oxygens (including phenoxy) is 1. The van der Waals surface area contributed by atoms with E-state index < -0.39 is 40.4 Å². The van der Waals surface area contributed by atoms with Gasteiger partial charge in [-0.3, -0.25) is 9.59 Å². The van der Waals surface area contributed by atoms with Gasteiger partial charge in [0.2, 0.25) is 0 Å². The van der Waals surface area contributed by atoms with Crippen LogP contribution in [-0.4, -0.2) is 60.4 Å². The normalized spacial score (nSPS) is 13.1. The number of rotatable bonds is 34. The molecule has 0 aromatic heterocycles. The lowest BCUT2D eigenvalue weighted by Crippen LogP contribution is -2.40. The molecule has 0 rings (SSSR count). The minimum atomic E-state index is -5.05. The Bertz CT molecular complexity index is 842. The molecule has 0 aliphatic carbocycles. The molecule has 12 nitrogen and oxygen atoms in total. The van der Waals surface area contributed by atoms with Crippen LogP contribution in [0.2, 0.25) is 0 Å². The number of hydrogen-bond donors (Lipinski definition) is 6. The molecule has 0 saturated heterocycles. The monoisotopic (exact) mass is 746 g/mol. The van der Waals surface area contributed by atoms with Gasteiger partial charge in [-0.15, -0.1) is 0 Å². The molecule has 0 aliphatic rings. The van der Waals surface area contributed by atoms with Crippen LogP contribution >= 0.6 is 15.6 Å². The molecule has 0 aliphatic heterocycles. The fourth-order valence-electron chi connectivity index (χ4n) is 5.54. The van der Waals surface area contributed by atoms with E-state index >= 15 is 0 Å². The fourth-order valence-corrected chi connectivity index (χ4v) is 6.65. The van der Waals surface area contributed by atoms with Gasteiger partial charge in [0.05, 0.1) is 6.61 Å². The van der Waals surface area contributed by atoms with Crippen molar-refractivity contribution in [3.05, 3.63) is 0 Å². The van der Waals surface area contributed by atoms with E-state index in [0.717, 1.165) is 38.5 Å².